The van der Waals surface area contributed by atoms with Gasteiger partial charge in [0.2, 0.25) is 0 Å². The first-order chi connectivity index (χ1) is 10.6. The average Bonchev–Trinajstić information content (AvgIpc) is 3.32. The van der Waals surface area contributed by atoms with Gasteiger partial charge in [0.05, 0.1) is 0 Å². The molecule has 1 aliphatic carbocycles. The van der Waals surface area contributed by atoms with Crippen molar-refractivity contribution in [2.24, 2.45) is 5.92 Å². The van der Waals surface area contributed by atoms with Crippen molar-refractivity contribution in [1.29, 1.82) is 0 Å². The fourth-order valence-corrected chi connectivity index (χ4v) is 3.14. The van der Waals surface area contributed by atoms with Gasteiger partial charge in [0.15, 0.2) is 11.5 Å². The van der Waals surface area contributed by atoms with Crippen molar-refractivity contribution >= 4 is 5.97 Å². The van der Waals surface area contributed by atoms with Gasteiger partial charge >= 0.3 is 5.97 Å². The molecule has 0 aromatic heterocycles. The van der Waals surface area contributed by atoms with E-state index in [0.717, 1.165) is 44.1 Å². The van der Waals surface area contributed by atoms with Gasteiger partial charge in [0.25, 0.3) is 0 Å². The molecule has 5 nitrogen and oxygen atoms in total. The molecule has 1 atom stereocenters. The van der Waals surface area contributed by atoms with Crippen LogP contribution >= 0.6 is 0 Å². The summed E-state index contributed by atoms with van der Waals surface area (Å²) in [5, 5.41) is 13.5. The predicted molar refractivity (Wildman–Crippen MR) is 83.9 cm³/mol. The number of rotatable bonds is 5. The standard InChI is InChI=1S/C17H24N2O3/c1-12(20)22-17-5-4-14(11-16(17)21)15(10-13-2-3-13)19-8-6-18-7-9-19/h4-5,11,13,15,18,21H,2-3,6-10H2,1H3/t15-/m0/s1. The molecule has 1 aromatic carbocycles. The number of carbonyl (C=O) groups is 1. The van der Waals surface area contributed by atoms with Crippen LogP contribution in [0.1, 0.15) is 37.8 Å². The first-order valence-corrected chi connectivity index (χ1v) is 8.09. The molecule has 1 aliphatic heterocycles. The van der Waals surface area contributed by atoms with Gasteiger partial charge in [0, 0.05) is 39.1 Å². The van der Waals surface area contributed by atoms with Crippen molar-refractivity contribution in [2.45, 2.75) is 32.2 Å². The van der Waals surface area contributed by atoms with Crippen LogP contribution in [-0.4, -0.2) is 42.2 Å². The van der Waals surface area contributed by atoms with E-state index in [1.807, 2.05) is 6.07 Å². The second-order valence-electron chi connectivity index (χ2n) is 6.30. The summed E-state index contributed by atoms with van der Waals surface area (Å²) in [6.07, 6.45) is 3.78. The number of hydrogen-bond acceptors (Lipinski definition) is 5. The minimum absolute atomic E-state index is 0.0450. The highest BCUT2D eigenvalue weighted by Crippen LogP contribution is 2.41. The normalized spacial score (nSPS) is 20.6. The number of phenols is 1. The Morgan fingerprint density at radius 3 is 2.73 bits per heavy atom. The van der Waals surface area contributed by atoms with Gasteiger partial charge in [-0.2, -0.15) is 0 Å². The number of esters is 1. The number of aromatic hydroxyl groups is 1. The molecule has 0 spiro atoms. The number of hydrogen-bond donors (Lipinski definition) is 2. The molecule has 1 saturated carbocycles. The smallest absolute Gasteiger partial charge is 0.308 e. The highest BCUT2D eigenvalue weighted by Gasteiger charge is 2.30. The van der Waals surface area contributed by atoms with Crippen LogP contribution in [0.25, 0.3) is 0 Å². The molecule has 1 heterocycles. The Morgan fingerprint density at radius 2 is 2.14 bits per heavy atom. The Hall–Kier alpha value is -1.59. The zero-order valence-electron chi connectivity index (χ0n) is 13.0. The van der Waals surface area contributed by atoms with E-state index in [-0.39, 0.29) is 11.5 Å². The quantitative estimate of drug-likeness (QED) is 0.644. The number of ether oxygens (including phenoxy) is 1. The zero-order valence-corrected chi connectivity index (χ0v) is 13.0. The van der Waals surface area contributed by atoms with E-state index in [1.54, 1.807) is 12.1 Å². The number of piperazine rings is 1. The van der Waals surface area contributed by atoms with Gasteiger partial charge in [-0.1, -0.05) is 18.9 Å². The topological polar surface area (TPSA) is 61.8 Å². The summed E-state index contributed by atoms with van der Waals surface area (Å²) in [7, 11) is 0. The first-order valence-electron chi connectivity index (χ1n) is 8.09. The maximum atomic E-state index is 11.0. The van der Waals surface area contributed by atoms with Crippen LogP contribution in [0.2, 0.25) is 0 Å². The molecule has 2 aliphatic rings. The van der Waals surface area contributed by atoms with Crippen molar-refractivity contribution < 1.29 is 14.6 Å². The molecule has 1 saturated heterocycles. The second kappa shape index (κ2) is 6.67. The Kier molecular flexibility index (Phi) is 4.64. The number of benzene rings is 1. The summed E-state index contributed by atoms with van der Waals surface area (Å²) in [5.74, 6) is 0.681. The lowest BCUT2D eigenvalue weighted by Crippen LogP contribution is -2.45. The van der Waals surface area contributed by atoms with Crippen molar-refractivity contribution in [2.75, 3.05) is 26.2 Å². The van der Waals surface area contributed by atoms with Crippen molar-refractivity contribution in [1.82, 2.24) is 10.2 Å². The fourth-order valence-electron chi connectivity index (χ4n) is 3.14. The minimum atomic E-state index is -0.417. The summed E-state index contributed by atoms with van der Waals surface area (Å²) in [6.45, 7) is 5.43. The Labute approximate surface area is 131 Å². The molecular formula is C17H24N2O3. The van der Waals surface area contributed by atoms with Gasteiger partial charge in [-0.15, -0.1) is 0 Å². The Morgan fingerprint density at radius 1 is 1.41 bits per heavy atom. The maximum Gasteiger partial charge on any atom is 0.308 e. The van der Waals surface area contributed by atoms with Crippen LogP contribution in [0.3, 0.4) is 0 Å². The van der Waals surface area contributed by atoms with Gasteiger partial charge in [-0.3, -0.25) is 9.69 Å². The van der Waals surface area contributed by atoms with Gasteiger partial charge < -0.3 is 15.2 Å². The molecule has 0 unspecified atom stereocenters. The molecule has 2 fully saturated rings. The van der Waals surface area contributed by atoms with E-state index < -0.39 is 5.97 Å². The molecule has 0 bridgehead atoms. The van der Waals surface area contributed by atoms with Crippen LogP contribution in [0, 0.1) is 5.92 Å². The molecule has 120 valence electrons. The summed E-state index contributed by atoms with van der Waals surface area (Å²) < 4.78 is 5.01. The second-order valence-corrected chi connectivity index (χ2v) is 6.30. The van der Waals surface area contributed by atoms with E-state index in [0.29, 0.717) is 6.04 Å². The summed E-state index contributed by atoms with van der Waals surface area (Å²) in [4.78, 5) is 13.5. The molecule has 1 aromatic rings. The van der Waals surface area contributed by atoms with Gasteiger partial charge in [0.1, 0.15) is 0 Å². The van der Waals surface area contributed by atoms with E-state index in [2.05, 4.69) is 10.2 Å². The molecule has 3 rings (SSSR count). The number of phenolic OH excluding ortho intramolecular Hbond substituents is 1. The lowest BCUT2D eigenvalue weighted by molar-refractivity contribution is -0.132. The molecule has 5 heteroatoms. The summed E-state index contributed by atoms with van der Waals surface area (Å²) in [6, 6.07) is 5.78. The lowest BCUT2D eigenvalue weighted by atomic mass is 9.98. The number of nitrogens with zero attached hydrogens (tertiary/aromatic N) is 1. The van der Waals surface area contributed by atoms with Crippen LogP contribution in [0.15, 0.2) is 18.2 Å². The Balaban J connectivity index is 1.79. The number of nitrogens with one attached hydrogen (secondary N) is 1. The van der Waals surface area contributed by atoms with Crippen molar-refractivity contribution in [3.05, 3.63) is 23.8 Å². The van der Waals surface area contributed by atoms with E-state index in [9.17, 15) is 9.90 Å². The molecule has 22 heavy (non-hydrogen) atoms. The highest BCUT2D eigenvalue weighted by atomic mass is 16.5. The third kappa shape index (κ3) is 3.78. The largest absolute Gasteiger partial charge is 0.504 e. The average molecular weight is 304 g/mol. The third-order valence-electron chi connectivity index (χ3n) is 4.47. The van der Waals surface area contributed by atoms with Crippen molar-refractivity contribution in [3.8, 4) is 11.5 Å². The van der Waals surface area contributed by atoms with Gasteiger partial charge in [-0.25, -0.2) is 0 Å². The highest BCUT2D eigenvalue weighted by molar-refractivity contribution is 5.70. The fraction of sp³-hybridized carbons (Fsp3) is 0.588. The van der Waals surface area contributed by atoms with Crippen LogP contribution in [0.5, 0.6) is 11.5 Å². The molecule has 2 N–H and O–H groups in total. The number of carbonyl (C=O) groups excluding carboxylic acids is 1. The SMILES string of the molecule is CC(=O)Oc1ccc([C@H](CC2CC2)N2CCNCC2)cc1O. The monoisotopic (exact) mass is 304 g/mol. The van der Waals surface area contributed by atoms with E-state index in [1.165, 1.54) is 19.8 Å². The zero-order chi connectivity index (χ0) is 15.5. The summed E-state index contributed by atoms with van der Waals surface area (Å²) in [5.41, 5.74) is 1.11. The van der Waals surface area contributed by atoms with Crippen LogP contribution in [0.4, 0.5) is 0 Å². The van der Waals surface area contributed by atoms with Crippen molar-refractivity contribution in [3.63, 3.8) is 0 Å². The predicted octanol–water partition coefficient (Wildman–Crippen LogP) is 2.06. The maximum absolute atomic E-state index is 11.0. The van der Waals surface area contributed by atoms with E-state index >= 15 is 0 Å². The molecule has 0 amide bonds. The third-order valence-corrected chi connectivity index (χ3v) is 4.47. The first kappa shape index (κ1) is 15.3. The molecular weight excluding hydrogens is 280 g/mol. The minimum Gasteiger partial charge on any atom is -0.504 e. The Bertz CT molecular complexity index is 537. The van der Waals surface area contributed by atoms with E-state index in [4.69, 9.17) is 4.74 Å². The van der Waals surface area contributed by atoms with Crippen LogP contribution < -0.4 is 10.1 Å². The molecule has 0 radical (unpaired) electrons. The van der Waals surface area contributed by atoms with Crippen LogP contribution in [-0.2, 0) is 4.79 Å². The van der Waals surface area contributed by atoms with Gasteiger partial charge in [-0.05, 0) is 30.0 Å². The summed E-state index contributed by atoms with van der Waals surface area (Å²) >= 11 is 0. The lowest BCUT2D eigenvalue weighted by Gasteiger charge is -2.35.